The van der Waals surface area contributed by atoms with E-state index >= 15 is 0 Å². The molecule has 1 amide bonds. The van der Waals surface area contributed by atoms with Crippen molar-refractivity contribution in [2.75, 3.05) is 11.9 Å². The van der Waals surface area contributed by atoms with E-state index in [9.17, 15) is 4.79 Å². The summed E-state index contributed by atoms with van der Waals surface area (Å²) in [5.41, 5.74) is 1.55. The van der Waals surface area contributed by atoms with Gasteiger partial charge in [0.15, 0.2) is 5.82 Å². The van der Waals surface area contributed by atoms with E-state index in [4.69, 9.17) is 0 Å². The third-order valence-corrected chi connectivity index (χ3v) is 2.64. The maximum Gasteiger partial charge on any atom is 0.238 e. The Bertz CT molecular complexity index is 552. The summed E-state index contributed by atoms with van der Waals surface area (Å²) in [7, 11) is 0. The lowest BCUT2D eigenvalue weighted by Crippen LogP contribution is -2.32. The zero-order valence-corrected chi connectivity index (χ0v) is 11.6. The molecular weight excluding hydrogens is 252 g/mol. The Morgan fingerprint density at radius 3 is 2.40 bits per heavy atom. The Balaban J connectivity index is 1.97. The van der Waals surface area contributed by atoms with Gasteiger partial charge in [0.25, 0.3) is 0 Å². The minimum atomic E-state index is -0.102. The summed E-state index contributed by atoms with van der Waals surface area (Å²) >= 11 is 0. The van der Waals surface area contributed by atoms with Crippen LogP contribution in [0.3, 0.4) is 0 Å². The molecule has 104 valence electrons. The van der Waals surface area contributed by atoms with E-state index in [1.165, 1.54) is 0 Å². The summed E-state index contributed by atoms with van der Waals surface area (Å²) in [5.74, 6) is 0.540. The minimum absolute atomic E-state index is 0.102. The largest absolute Gasteiger partial charge is 0.322 e. The van der Waals surface area contributed by atoms with Gasteiger partial charge in [0, 0.05) is 11.6 Å². The number of hydrogen-bond acceptors (Lipinski definition) is 4. The molecule has 0 spiro atoms. The van der Waals surface area contributed by atoms with Crippen LogP contribution in [-0.2, 0) is 4.79 Å². The van der Waals surface area contributed by atoms with E-state index in [1.807, 2.05) is 44.2 Å². The lowest BCUT2D eigenvalue weighted by Gasteiger charge is -2.08. The highest BCUT2D eigenvalue weighted by Crippen LogP contribution is 2.14. The fourth-order valence-corrected chi connectivity index (χ4v) is 1.63. The predicted molar refractivity (Wildman–Crippen MR) is 79.2 cm³/mol. The lowest BCUT2D eigenvalue weighted by atomic mass is 10.2. The van der Waals surface area contributed by atoms with Crippen LogP contribution in [-0.4, -0.2) is 28.5 Å². The van der Waals surface area contributed by atoms with Crippen LogP contribution in [0.15, 0.2) is 42.7 Å². The Morgan fingerprint density at radius 2 is 1.80 bits per heavy atom. The summed E-state index contributed by atoms with van der Waals surface area (Å²) < 4.78 is 0. The highest BCUT2D eigenvalue weighted by atomic mass is 16.1. The van der Waals surface area contributed by atoms with Crippen LogP contribution in [0.5, 0.6) is 0 Å². The number of nitrogens with one attached hydrogen (secondary N) is 2. The van der Waals surface area contributed by atoms with Crippen molar-refractivity contribution < 1.29 is 4.79 Å². The van der Waals surface area contributed by atoms with Crippen molar-refractivity contribution in [2.24, 2.45) is 0 Å². The quantitative estimate of drug-likeness (QED) is 0.873. The van der Waals surface area contributed by atoms with Crippen molar-refractivity contribution in [2.45, 2.75) is 19.9 Å². The number of nitrogens with zero attached hydrogens (tertiary/aromatic N) is 2. The Kier molecular flexibility index (Phi) is 4.79. The molecule has 5 nitrogen and oxygen atoms in total. The fraction of sp³-hybridized carbons (Fsp3) is 0.267. The zero-order chi connectivity index (χ0) is 14.4. The van der Waals surface area contributed by atoms with Gasteiger partial charge in [0.1, 0.15) is 0 Å². The Labute approximate surface area is 118 Å². The van der Waals surface area contributed by atoms with Gasteiger partial charge in [0.05, 0.1) is 24.6 Å². The number of aromatic nitrogens is 2. The number of rotatable bonds is 5. The summed E-state index contributed by atoms with van der Waals surface area (Å²) in [5, 5.41) is 5.80. The number of carbonyl (C=O) groups is 1. The highest BCUT2D eigenvalue weighted by molar-refractivity contribution is 5.92. The second kappa shape index (κ2) is 6.77. The summed E-state index contributed by atoms with van der Waals surface area (Å²) in [6.07, 6.45) is 3.23. The van der Waals surface area contributed by atoms with E-state index in [0.29, 0.717) is 11.5 Å². The van der Waals surface area contributed by atoms with Gasteiger partial charge in [-0.25, -0.2) is 9.97 Å². The first kappa shape index (κ1) is 14.1. The second-order valence-corrected chi connectivity index (χ2v) is 4.75. The van der Waals surface area contributed by atoms with Gasteiger partial charge in [-0.05, 0) is 0 Å². The first-order valence-corrected chi connectivity index (χ1v) is 6.56. The van der Waals surface area contributed by atoms with E-state index in [2.05, 4.69) is 20.6 Å². The lowest BCUT2D eigenvalue weighted by molar-refractivity contribution is -0.115. The molecule has 0 unspecified atom stereocenters. The van der Waals surface area contributed by atoms with Crippen molar-refractivity contribution in [3.05, 3.63) is 42.7 Å². The maximum absolute atomic E-state index is 11.6. The molecule has 20 heavy (non-hydrogen) atoms. The van der Waals surface area contributed by atoms with E-state index in [0.717, 1.165) is 5.56 Å². The van der Waals surface area contributed by atoms with Gasteiger partial charge >= 0.3 is 0 Å². The van der Waals surface area contributed by atoms with Gasteiger partial charge in [-0.1, -0.05) is 44.2 Å². The van der Waals surface area contributed by atoms with Crippen molar-refractivity contribution in [1.82, 2.24) is 15.3 Å². The van der Waals surface area contributed by atoms with Crippen LogP contribution in [0.1, 0.15) is 13.8 Å². The minimum Gasteiger partial charge on any atom is -0.322 e. The highest BCUT2D eigenvalue weighted by Gasteiger charge is 2.05. The molecule has 2 N–H and O–H groups in total. The molecule has 0 saturated heterocycles. The molecule has 1 aromatic carbocycles. The Hall–Kier alpha value is -2.27. The van der Waals surface area contributed by atoms with Crippen LogP contribution >= 0.6 is 0 Å². The monoisotopic (exact) mass is 270 g/mol. The van der Waals surface area contributed by atoms with Crippen LogP contribution in [0.2, 0.25) is 0 Å². The third kappa shape index (κ3) is 4.13. The molecule has 5 heteroatoms. The van der Waals surface area contributed by atoms with Gasteiger partial charge in [-0.2, -0.15) is 0 Å². The molecule has 1 heterocycles. The smallest absolute Gasteiger partial charge is 0.238 e. The maximum atomic E-state index is 11.6. The van der Waals surface area contributed by atoms with Crippen LogP contribution in [0, 0.1) is 0 Å². The van der Waals surface area contributed by atoms with E-state index < -0.39 is 0 Å². The molecule has 0 radical (unpaired) electrons. The van der Waals surface area contributed by atoms with E-state index in [1.54, 1.807) is 12.4 Å². The number of anilines is 1. The van der Waals surface area contributed by atoms with Gasteiger partial charge in [0.2, 0.25) is 5.91 Å². The molecule has 1 aromatic heterocycles. The molecule has 0 aliphatic rings. The van der Waals surface area contributed by atoms with Crippen molar-refractivity contribution in [3.63, 3.8) is 0 Å². The Morgan fingerprint density at radius 1 is 1.15 bits per heavy atom. The first-order valence-electron chi connectivity index (χ1n) is 6.56. The topological polar surface area (TPSA) is 66.9 Å². The number of amides is 1. The number of carbonyl (C=O) groups excluding carboxylic acids is 1. The van der Waals surface area contributed by atoms with E-state index in [-0.39, 0.29) is 18.5 Å². The normalized spacial score (nSPS) is 10.6. The van der Waals surface area contributed by atoms with Gasteiger partial charge in [-0.3, -0.25) is 4.79 Å². The molecule has 0 bridgehead atoms. The second-order valence-electron chi connectivity index (χ2n) is 4.75. The first-order chi connectivity index (χ1) is 9.65. The molecule has 0 atom stereocenters. The van der Waals surface area contributed by atoms with Gasteiger partial charge in [-0.15, -0.1) is 0 Å². The standard InChI is InChI=1S/C15H18N4O/c1-11(2)16-10-14(20)19-13-8-17-15(18-9-13)12-6-4-3-5-7-12/h3-9,11,16H,10H2,1-2H3,(H,19,20). The van der Waals surface area contributed by atoms with Crippen molar-refractivity contribution in [1.29, 1.82) is 0 Å². The van der Waals surface area contributed by atoms with Crippen LogP contribution in [0.25, 0.3) is 11.4 Å². The molecule has 0 saturated carbocycles. The average Bonchev–Trinajstić information content (AvgIpc) is 2.47. The molecule has 2 aromatic rings. The fourth-order valence-electron chi connectivity index (χ4n) is 1.63. The third-order valence-electron chi connectivity index (χ3n) is 2.64. The van der Waals surface area contributed by atoms with Gasteiger partial charge < -0.3 is 10.6 Å². The van der Waals surface area contributed by atoms with Crippen molar-refractivity contribution in [3.8, 4) is 11.4 Å². The average molecular weight is 270 g/mol. The van der Waals surface area contributed by atoms with Crippen molar-refractivity contribution >= 4 is 11.6 Å². The predicted octanol–water partition coefficient (Wildman–Crippen LogP) is 2.08. The summed E-state index contributed by atoms with van der Waals surface area (Å²) in [6, 6.07) is 9.98. The molecular formula is C15H18N4O. The molecule has 2 rings (SSSR count). The molecule has 0 aliphatic heterocycles. The molecule has 0 aliphatic carbocycles. The van der Waals surface area contributed by atoms with Crippen LogP contribution in [0.4, 0.5) is 5.69 Å². The summed E-state index contributed by atoms with van der Waals surface area (Å²) in [6.45, 7) is 4.26. The zero-order valence-electron chi connectivity index (χ0n) is 11.6. The summed E-state index contributed by atoms with van der Waals surface area (Å²) in [4.78, 5) is 20.1. The number of hydrogen-bond donors (Lipinski definition) is 2. The van der Waals surface area contributed by atoms with Crippen LogP contribution < -0.4 is 10.6 Å². The molecule has 0 fully saturated rings. The SMILES string of the molecule is CC(C)NCC(=O)Nc1cnc(-c2ccccc2)nc1. The number of benzene rings is 1.